The Morgan fingerprint density at radius 1 is 1.00 bits per heavy atom. The average Bonchev–Trinajstić information content (AvgIpc) is 1.69. The summed E-state index contributed by atoms with van der Waals surface area (Å²) < 4.78 is 1.51. The van der Waals surface area contributed by atoms with Crippen molar-refractivity contribution >= 4 is 37.9 Å². The van der Waals surface area contributed by atoms with E-state index >= 15 is 0 Å². The fraction of sp³-hybridized carbons (Fsp3) is 0. The molecule has 0 atom stereocenters. The van der Waals surface area contributed by atoms with E-state index < -0.39 is 0 Å². The van der Waals surface area contributed by atoms with Crippen LogP contribution in [0.4, 0.5) is 0 Å². The molecule has 0 heterocycles. The van der Waals surface area contributed by atoms with Gasteiger partial charge in [-0.25, -0.2) is 0 Å². The predicted octanol–water partition coefficient (Wildman–Crippen LogP) is 0.255. The van der Waals surface area contributed by atoms with Crippen LogP contribution in [0.5, 0.6) is 0 Å². The molecule has 0 aromatic heterocycles. The summed E-state index contributed by atoms with van der Waals surface area (Å²) >= 11 is 0.855. The summed E-state index contributed by atoms with van der Waals surface area (Å²) in [5, 5.41) is 0. The third-order valence-corrected chi connectivity index (χ3v) is 2.34. The first kappa shape index (κ1) is 8.24. The first-order valence-corrected chi connectivity index (χ1v) is 4.51. The number of benzene rings is 1. The summed E-state index contributed by atoms with van der Waals surface area (Å²) in [6, 6.07) is 10.6. The Kier molecular flexibility index (Phi) is 4.28. The summed E-state index contributed by atoms with van der Waals surface area (Å²) in [5.74, 6) is 0. The summed E-state index contributed by atoms with van der Waals surface area (Å²) in [5.41, 5.74) is 0. The summed E-state index contributed by atoms with van der Waals surface area (Å²) in [4.78, 5) is 0. The fourth-order valence-corrected chi connectivity index (χ4v) is 1.34. The van der Waals surface area contributed by atoms with Crippen molar-refractivity contribution in [2.75, 3.05) is 0 Å². The maximum atomic E-state index is 2.17. The van der Waals surface area contributed by atoms with Crippen LogP contribution in [0.2, 0.25) is 0 Å². The molecule has 1 aromatic rings. The molecule has 0 saturated heterocycles. The second kappa shape index (κ2) is 4.15. The third kappa shape index (κ3) is 2.53. The van der Waals surface area contributed by atoms with Crippen molar-refractivity contribution in [3.8, 4) is 0 Å². The zero-order chi connectivity index (χ0) is 5.11. The average molecular weight is 234 g/mol. The van der Waals surface area contributed by atoms with E-state index in [1.165, 1.54) is 4.40 Å². The monoisotopic (exact) mass is 234 g/mol. The molecule has 0 saturated carbocycles. The van der Waals surface area contributed by atoms with E-state index in [2.05, 4.69) is 30.3 Å². The van der Waals surface area contributed by atoms with Crippen LogP contribution in [0.1, 0.15) is 0 Å². The number of hydrogen-bond donors (Lipinski definition) is 0. The Labute approximate surface area is 68.3 Å². The number of hydrogen-bond acceptors (Lipinski definition) is 0. The molecule has 2 heteroatoms. The summed E-state index contributed by atoms with van der Waals surface area (Å²) in [6.07, 6.45) is 0. The van der Waals surface area contributed by atoms with E-state index in [-0.39, 0.29) is 17.0 Å². The first-order valence-electron chi connectivity index (χ1n) is 2.41. The Hall–Kier alpha value is 0.243. The molecule has 0 bridgehead atoms. The van der Waals surface area contributed by atoms with Gasteiger partial charge in [0.2, 0.25) is 0 Å². The van der Waals surface area contributed by atoms with Crippen LogP contribution < -0.4 is 4.40 Å². The second-order valence-corrected chi connectivity index (χ2v) is 4.08. The van der Waals surface area contributed by atoms with E-state index in [0.717, 1.165) is 16.5 Å². The third-order valence-electron chi connectivity index (χ3n) is 0.940. The molecule has 0 aliphatic carbocycles. The molecule has 0 radical (unpaired) electrons. The van der Waals surface area contributed by atoms with Crippen LogP contribution in [-0.2, 0) is 0 Å². The second-order valence-electron chi connectivity index (χ2n) is 1.65. The number of rotatable bonds is 0. The van der Waals surface area contributed by atoms with Crippen molar-refractivity contribution in [1.29, 1.82) is 0 Å². The van der Waals surface area contributed by atoms with Crippen molar-refractivity contribution in [2.24, 2.45) is 0 Å². The first-order chi connectivity index (χ1) is 3.39. The van der Waals surface area contributed by atoms with Gasteiger partial charge in [-0.2, -0.15) is 0 Å². The van der Waals surface area contributed by atoms with Gasteiger partial charge in [-0.05, 0) is 0 Å². The molecule has 0 aliphatic heterocycles. The van der Waals surface area contributed by atoms with Crippen molar-refractivity contribution in [2.45, 2.75) is 0 Å². The topological polar surface area (TPSA) is 0 Å². The molecule has 0 amide bonds. The van der Waals surface area contributed by atoms with Gasteiger partial charge >= 0.3 is 51.2 Å². The fourth-order valence-electron chi connectivity index (χ4n) is 0.534. The van der Waals surface area contributed by atoms with E-state index in [0.29, 0.717) is 0 Å². The van der Waals surface area contributed by atoms with Crippen LogP contribution >= 0.6 is 17.0 Å². The van der Waals surface area contributed by atoms with Gasteiger partial charge < -0.3 is 0 Å². The molecule has 0 N–H and O–H groups in total. The maximum absolute atomic E-state index is 2.17. The van der Waals surface area contributed by atoms with Gasteiger partial charge in [-0.15, -0.1) is 17.0 Å². The normalized spacial score (nSPS) is 8.00. The van der Waals surface area contributed by atoms with Crippen LogP contribution in [0.25, 0.3) is 0 Å². The molecule has 0 aliphatic rings. The Morgan fingerprint density at radius 2 is 1.50 bits per heavy atom. The molecule has 1 rings (SSSR count). The van der Waals surface area contributed by atoms with Gasteiger partial charge in [0.15, 0.2) is 0 Å². The SMILES string of the molecule is Br.[GeH3][c]1ccccc1. The van der Waals surface area contributed by atoms with Gasteiger partial charge in [0, 0.05) is 0 Å². The van der Waals surface area contributed by atoms with E-state index in [4.69, 9.17) is 0 Å². The van der Waals surface area contributed by atoms with E-state index in [1.54, 1.807) is 0 Å². The van der Waals surface area contributed by atoms with Crippen molar-refractivity contribution in [3.05, 3.63) is 30.3 Å². The van der Waals surface area contributed by atoms with Gasteiger partial charge in [-0.1, -0.05) is 0 Å². The molecule has 0 fully saturated rings. The zero-order valence-electron chi connectivity index (χ0n) is 4.79. The van der Waals surface area contributed by atoms with Crippen LogP contribution in [0, 0.1) is 0 Å². The van der Waals surface area contributed by atoms with Crippen LogP contribution in [-0.4, -0.2) is 16.5 Å². The zero-order valence-corrected chi connectivity index (χ0v) is 10.7. The molecule has 0 spiro atoms. The van der Waals surface area contributed by atoms with E-state index in [1.807, 2.05) is 0 Å². The molecule has 8 heavy (non-hydrogen) atoms. The molecule has 0 unspecified atom stereocenters. The standard InChI is InChI=1S/C6H8Ge.BrH/c7-6-4-2-1-3-5-6;/h1-5H,7H3;1H. The van der Waals surface area contributed by atoms with Gasteiger partial charge in [0.1, 0.15) is 0 Å². The Morgan fingerprint density at radius 3 is 1.75 bits per heavy atom. The number of halogens is 1. The van der Waals surface area contributed by atoms with Crippen LogP contribution in [0.15, 0.2) is 30.3 Å². The van der Waals surface area contributed by atoms with Gasteiger partial charge in [0.05, 0.1) is 0 Å². The molecule has 0 nitrogen and oxygen atoms in total. The molecular formula is C6H9BrGe. The van der Waals surface area contributed by atoms with Crippen molar-refractivity contribution in [3.63, 3.8) is 0 Å². The molecule has 44 valence electrons. The van der Waals surface area contributed by atoms with Crippen molar-refractivity contribution < 1.29 is 0 Å². The van der Waals surface area contributed by atoms with Gasteiger partial charge in [0.25, 0.3) is 0 Å². The summed E-state index contributed by atoms with van der Waals surface area (Å²) in [6.45, 7) is 0. The Bertz CT molecular complexity index is 138. The predicted molar refractivity (Wildman–Crippen MR) is 46.3 cm³/mol. The minimum absolute atomic E-state index is 0. The summed E-state index contributed by atoms with van der Waals surface area (Å²) in [7, 11) is 0. The molecular weight excluding hydrogens is 225 g/mol. The Balaban J connectivity index is 0.000000490. The molecule has 1 aromatic carbocycles. The van der Waals surface area contributed by atoms with Crippen LogP contribution in [0.3, 0.4) is 0 Å². The van der Waals surface area contributed by atoms with Crippen molar-refractivity contribution in [1.82, 2.24) is 0 Å². The quantitative estimate of drug-likeness (QED) is 0.564. The van der Waals surface area contributed by atoms with E-state index in [9.17, 15) is 0 Å². The van der Waals surface area contributed by atoms with Gasteiger partial charge in [-0.3, -0.25) is 0 Å². The minimum atomic E-state index is 0.